The van der Waals surface area contributed by atoms with Crippen LogP contribution in [0.1, 0.15) is 13.8 Å². The van der Waals surface area contributed by atoms with Crippen LogP contribution in [0.3, 0.4) is 0 Å². The van der Waals surface area contributed by atoms with Gasteiger partial charge in [0.1, 0.15) is 12.0 Å². The first kappa shape index (κ1) is 20.8. The Morgan fingerprint density at radius 3 is 1.36 bits per heavy atom. The smallest absolute Gasteiger partial charge is 0.367 e. The first-order valence-electron chi connectivity index (χ1n) is 8.47. The van der Waals surface area contributed by atoms with Crippen LogP contribution >= 0.6 is 0 Å². The molecule has 132 valence electrons. The van der Waals surface area contributed by atoms with Crippen LogP contribution in [0.2, 0.25) is 62.8 Å². The molecule has 0 spiro atoms. The van der Waals surface area contributed by atoms with Gasteiger partial charge in [0.2, 0.25) is 0 Å². The molecule has 1 heterocycles. The summed E-state index contributed by atoms with van der Waals surface area (Å²) in [6.45, 7) is 27.1. The molecule has 0 aliphatic carbocycles. The van der Waals surface area contributed by atoms with Gasteiger partial charge in [-0.25, -0.2) is 0 Å². The summed E-state index contributed by atoms with van der Waals surface area (Å²) >= 11 is 0. The fourth-order valence-corrected chi connectivity index (χ4v) is 51.9. The third-order valence-corrected chi connectivity index (χ3v) is 39.1. The lowest BCUT2D eigenvalue weighted by Crippen LogP contribution is -2.80. The molecule has 3 atom stereocenters. The van der Waals surface area contributed by atoms with E-state index in [0.717, 1.165) is 0 Å². The predicted molar refractivity (Wildman–Crippen MR) is 107 cm³/mol. The molecule has 0 aromatic heterocycles. The molecule has 1 rings (SSSR count). The summed E-state index contributed by atoms with van der Waals surface area (Å²) < 4.78 is 19.5. The molecular formula is C15H38O3Si4. The Kier molecular flexibility index (Phi) is 5.60. The van der Waals surface area contributed by atoms with Crippen molar-refractivity contribution in [3.05, 3.63) is 0 Å². The summed E-state index contributed by atoms with van der Waals surface area (Å²) in [5, 5.41) is 0. The van der Waals surface area contributed by atoms with Gasteiger partial charge in [-0.1, -0.05) is 58.9 Å². The Hall–Kier alpha value is 0.748. The highest BCUT2D eigenvalue weighted by atomic mass is 28.5. The molecule has 1 saturated heterocycles. The highest BCUT2D eigenvalue weighted by Crippen LogP contribution is 2.62. The van der Waals surface area contributed by atoms with E-state index in [4.69, 9.17) is 13.6 Å². The Balaban J connectivity index is 3.85. The van der Waals surface area contributed by atoms with Crippen LogP contribution in [0.5, 0.6) is 0 Å². The second-order valence-electron chi connectivity index (χ2n) is 9.84. The van der Waals surface area contributed by atoms with Gasteiger partial charge >= 0.3 is 8.56 Å². The highest BCUT2D eigenvalue weighted by molar-refractivity contribution is 7.27. The van der Waals surface area contributed by atoms with Crippen molar-refractivity contribution < 1.29 is 13.6 Å². The largest absolute Gasteiger partial charge is 0.396 e. The molecule has 0 N–H and O–H groups in total. The average molecular weight is 379 g/mol. The molecule has 1 fully saturated rings. The zero-order chi connectivity index (χ0) is 17.8. The van der Waals surface area contributed by atoms with E-state index in [1.54, 1.807) is 0 Å². The molecule has 0 amide bonds. The predicted octanol–water partition coefficient (Wildman–Crippen LogP) is 4.77. The molecule has 0 saturated carbocycles. The summed E-state index contributed by atoms with van der Waals surface area (Å²) in [7, 11) is -5.35. The van der Waals surface area contributed by atoms with E-state index in [0.29, 0.717) is 0 Å². The van der Waals surface area contributed by atoms with Crippen molar-refractivity contribution >= 4 is 32.8 Å². The van der Waals surface area contributed by atoms with Crippen molar-refractivity contribution in [2.45, 2.75) is 88.7 Å². The summed E-state index contributed by atoms with van der Waals surface area (Å²) in [4.78, 5) is 0. The molecule has 0 bridgehead atoms. The van der Waals surface area contributed by atoms with Gasteiger partial charge in [0.25, 0.3) is 0 Å². The first-order valence-corrected chi connectivity index (χ1v) is 20.9. The maximum Gasteiger partial charge on any atom is 0.367 e. The normalized spacial score (nSPS) is 31.6. The minimum Gasteiger partial charge on any atom is -0.396 e. The van der Waals surface area contributed by atoms with Gasteiger partial charge in [0, 0.05) is 35.2 Å². The average Bonchev–Trinajstić information content (AvgIpc) is 2.48. The summed E-state index contributed by atoms with van der Waals surface area (Å²) in [5.41, 5.74) is 0.109. The summed E-state index contributed by atoms with van der Waals surface area (Å²) in [5.74, 6) is 0. The SMILES string of the molecule is CO[Si]1(C([Si](C)(C)C)([Si](C)(C)C)[Si](C)(C)C)OC(C)OC1C. The molecule has 22 heavy (non-hydrogen) atoms. The number of ether oxygens (including phenoxy) is 1. The number of hydrogen-bond acceptors (Lipinski definition) is 3. The lowest BCUT2D eigenvalue weighted by molar-refractivity contribution is -0.0309. The standard InChI is InChI=1S/C15H38O3Si4/c1-13-17-14(2)22(16-3,18-13)15(19(4,5)6,20(7,8)9)21(10,11)12/h13-14H,1-12H3. The first-order chi connectivity index (χ1) is 9.58. The minimum atomic E-state index is -2.50. The number of hydrogen-bond donors (Lipinski definition) is 0. The maximum absolute atomic E-state index is 6.65. The Morgan fingerprint density at radius 2 is 1.18 bits per heavy atom. The highest BCUT2D eigenvalue weighted by Gasteiger charge is 2.77. The van der Waals surface area contributed by atoms with E-state index in [9.17, 15) is 0 Å². The number of rotatable bonds is 5. The van der Waals surface area contributed by atoms with Crippen LogP contribution in [-0.4, -0.2) is 51.9 Å². The van der Waals surface area contributed by atoms with E-state index >= 15 is 0 Å². The third kappa shape index (κ3) is 2.70. The van der Waals surface area contributed by atoms with Crippen LogP contribution in [-0.2, 0) is 13.6 Å². The van der Waals surface area contributed by atoms with E-state index in [2.05, 4.69) is 65.8 Å². The molecule has 1 aliphatic rings. The van der Waals surface area contributed by atoms with Crippen molar-refractivity contribution in [1.29, 1.82) is 0 Å². The van der Waals surface area contributed by atoms with Gasteiger partial charge in [-0.15, -0.1) is 0 Å². The van der Waals surface area contributed by atoms with Gasteiger partial charge in [-0.2, -0.15) is 0 Å². The fraction of sp³-hybridized carbons (Fsp3) is 1.00. The van der Waals surface area contributed by atoms with Crippen LogP contribution in [0, 0.1) is 0 Å². The molecule has 0 radical (unpaired) electrons. The second-order valence-corrected chi connectivity index (χ2v) is 32.1. The van der Waals surface area contributed by atoms with E-state index in [1.807, 2.05) is 14.0 Å². The van der Waals surface area contributed by atoms with Crippen molar-refractivity contribution in [3.8, 4) is 0 Å². The molecule has 7 heteroatoms. The second kappa shape index (κ2) is 5.93. The van der Waals surface area contributed by atoms with Crippen molar-refractivity contribution in [2.24, 2.45) is 0 Å². The van der Waals surface area contributed by atoms with Gasteiger partial charge in [-0.05, 0) is 13.8 Å². The van der Waals surface area contributed by atoms with Gasteiger partial charge in [0.15, 0.2) is 0 Å². The van der Waals surface area contributed by atoms with E-state index in [1.165, 1.54) is 0 Å². The van der Waals surface area contributed by atoms with E-state index < -0.39 is 32.8 Å². The monoisotopic (exact) mass is 378 g/mol. The van der Waals surface area contributed by atoms with Crippen LogP contribution in [0.15, 0.2) is 0 Å². The topological polar surface area (TPSA) is 27.7 Å². The van der Waals surface area contributed by atoms with Gasteiger partial charge in [0.05, 0.1) is 0 Å². The quantitative estimate of drug-likeness (QED) is 0.645. The van der Waals surface area contributed by atoms with E-state index in [-0.39, 0.29) is 15.9 Å². The zero-order valence-electron chi connectivity index (χ0n) is 16.9. The van der Waals surface area contributed by atoms with Gasteiger partial charge < -0.3 is 13.6 Å². The summed E-state index contributed by atoms with van der Waals surface area (Å²) in [6.07, 6.45) is -0.134. The molecule has 0 aromatic rings. The van der Waals surface area contributed by atoms with Gasteiger partial charge in [-0.3, -0.25) is 0 Å². The van der Waals surface area contributed by atoms with Crippen LogP contribution in [0.25, 0.3) is 0 Å². The molecule has 1 aliphatic heterocycles. The molecular weight excluding hydrogens is 341 g/mol. The van der Waals surface area contributed by atoms with Crippen LogP contribution in [0.4, 0.5) is 0 Å². The van der Waals surface area contributed by atoms with Crippen molar-refractivity contribution in [2.75, 3.05) is 7.11 Å². The zero-order valence-corrected chi connectivity index (χ0v) is 20.9. The molecule has 0 aromatic carbocycles. The Labute approximate surface area is 142 Å². The Morgan fingerprint density at radius 1 is 0.818 bits per heavy atom. The lowest BCUT2D eigenvalue weighted by atomic mass is 10.7. The summed E-state index contributed by atoms with van der Waals surface area (Å²) in [6, 6.07) is 0. The third-order valence-electron chi connectivity index (χ3n) is 5.47. The van der Waals surface area contributed by atoms with Crippen LogP contribution < -0.4 is 0 Å². The Bertz CT molecular complexity index is 372. The molecule has 3 unspecified atom stereocenters. The van der Waals surface area contributed by atoms with Crippen molar-refractivity contribution in [3.63, 3.8) is 0 Å². The fourth-order valence-electron chi connectivity index (χ4n) is 6.45. The lowest BCUT2D eigenvalue weighted by Gasteiger charge is -2.64. The maximum atomic E-state index is 6.65. The minimum absolute atomic E-state index is 0.109. The van der Waals surface area contributed by atoms with Crippen molar-refractivity contribution in [1.82, 2.24) is 0 Å². The molecule has 3 nitrogen and oxygen atoms in total.